The van der Waals surface area contributed by atoms with Gasteiger partial charge in [0.2, 0.25) is 10.0 Å². The summed E-state index contributed by atoms with van der Waals surface area (Å²) in [6.45, 7) is 0.00395. The zero-order valence-corrected chi connectivity index (χ0v) is 12.5. The zero-order chi connectivity index (χ0) is 15.5. The molecule has 2 aromatic rings. The second-order valence-electron chi connectivity index (χ2n) is 4.85. The molecule has 4 nitrogen and oxygen atoms in total. The normalized spacial score (nSPS) is 11.8. The van der Waals surface area contributed by atoms with Gasteiger partial charge < -0.3 is 5.73 Å². The first-order chi connectivity index (χ1) is 9.88. The summed E-state index contributed by atoms with van der Waals surface area (Å²) in [5.74, 6) is -0.551. The summed E-state index contributed by atoms with van der Waals surface area (Å²) in [5, 5.41) is 0. The van der Waals surface area contributed by atoms with Crippen LogP contribution >= 0.6 is 0 Å². The highest BCUT2D eigenvalue weighted by Gasteiger charge is 2.19. The van der Waals surface area contributed by atoms with Crippen LogP contribution in [0.5, 0.6) is 0 Å². The number of nitrogen functional groups attached to an aromatic ring is 1. The molecule has 0 radical (unpaired) electrons. The Morgan fingerprint density at radius 3 is 2.33 bits per heavy atom. The highest BCUT2D eigenvalue weighted by Crippen LogP contribution is 2.15. The lowest BCUT2D eigenvalue weighted by Gasteiger charge is -2.17. The smallest absolute Gasteiger partial charge is 0.218 e. The number of nitrogens with two attached hydrogens (primary N) is 1. The number of anilines is 1. The van der Waals surface area contributed by atoms with Gasteiger partial charge in [0.15, 0.2) is 0 Å². The summed E-state index contributed by atoms with van der Waals surface area (Å²) < 4.78 is 39.3. The van der Waals surface area contributed by atoms with Crippen LogP contribution in [-0.4, -0.2) is 19.8 Å². The molecule has 112 valence electrons. The Hall–Kier alpha value is -1.92. The number of rotatable bonds is 5. The first-order valence-corrected chi connectivity index (χ1v) is 8.01. The van der Waals surface area contributed by atoms with Crippen LogP contribution in [0.25, 0.3) is 0 Å². The first-order valence-electron chi connectivity index (χ1n) is 6.40. The molecule has 0 aliphatic heterocycles. The Morgan fingerprint density at radius 1 is 1.10 bits per heavy atom. The van der Waals surface area contributed by atoms with Gasteiger partial charge >= 0.3 is 0 Å². The molecule has 6 heteroatoms. The monoisotopic (exact) mass is 308 g/mol. The fourth-order valence-electron chi connectivity index (χ4n) is 1.90. The third-order valence-electron chi connectivity index (χ3n) is 3.15. The minimum absolute atomic E-state index is 0.00395. The predicted octanol–water partition coefficient (Wildman–Crippen LogP) is 2.37. The maximum absolute atomic E-state index is 13.6. The van der Waals surface area contributed by atoms with Gasteiger partial charge in [-0.25, -0.2) is 17.1 Å². The van der Waals surface area contributed by atoms with E-state index in [0.29, 0.717) is 16.8 Å². The first kappa shape index (κ1) is 15.5. The van der Waals surface area contributed by atoms with Gasteiger partial charge in [-0.2, -0.15) is 0 Å². The summed E-state index contributed by atoms with van der Waals surface area (Å²) in [6, 6.07) is 12.8. The van der Waals surface area contributed by atoms with E-state index >= 15 is 0 Å². The van der Waals surface area contributed by atoms with E-state index in [9.17, 15) is 12.8 Å². The second-order valence-corrected chi connectivity index (χ2v) is 6.92. The van der Waals surface area contributed by atoms with Crippen LogP contribution in [-0.2, 0) is 22.3 Å². The Balaban J connectivity index is 2.12. The number of hydrogen-bond acceptors (Lipinski definition) is 3. The molecule has 2 N–H and O–H groups in total. The summed E-state index contributed by atoms with van der Waals surface area (Å²) in [7, 11) is -2.07. The molecule has 0 atom stereocenters. The van der Waals surface area contributed by atoms with E-state index in [1.165, 1.54) is 13.1 Å². The summed E-state index contributed by atoms with van der Waals surface area (Å²) in [6.07, 6.45) is 0. The van der Waals surface area contributed by atoms with Crippen LogP contribution in [0.4, 0.5) is 10.1 Å². The predicted molar refractivity (Wildman–Crippen MR) is 81.3 cm³/mol. The molecule has 0 unspecified atom stereocenters. The maximum atomic E-state index is 13.6. The van der Waals surface area contributed by atoms with Crippen molar-refractivity contribution in [1.29, 1.82) is 0 Å². The lowest BCUT2D eigenvalue weighted by molar-refractivity contribution is 0.455. The number of nitrogens with zero attached hydrogens (tertiary/aromatic N) is 1. The number of benzene rings is 2. The van der Waals surface area contributed by atoms with Gasteiger partial charge in [0.25, 0.3) is 0 Å². The van der Waals surface area contributed by atoms with E-state index < -0.39 is 15.8 Å². The van der Waals surface area contributed by atoms with Crippen molar-refractivity contribution in [3.05, 3.63) is 65.5 Å². The molecule has 0 saturated carbocycles. The molecule has 0 amide bonds. The topological polar surface area (TPSA) is 63.4 Å². The van der Waals surface area contributed by atoms with Crippen molar-refractivity contribution in [2.45, 2.75) is 12.3 Å². The molecule has 0 heterocycles. The molecule has 0 bridgehead atoms. The minimum atomic E-state index is -3.52. The van der Waals surface area contributed by atoms with E-state index in [1.54, 1.807) is 42.5 Å². The molecule has 0 saturated heterocycles. The molecule has 0 fully saturated rings. The fraction of sp³-hybridized carbons (Fsp3) is 0.200. The Labute approximate surface area is 124 Å². The Morgan fingerprint density at radius 2 is 1.71 bits per heavy atom. The SMILES string of the molecule is CN(Cc1ccccc1F)S(=O)(=O)Cc1ccc(N)cc1. The molecule has 0 aliphatic carbocycles. The zero-order valence-electron chi connectivity index (χ0n) is 11.7. The van der Waals surface area contributed by atoms with Crippen LogP contribution in [0, 0.1) is 5.82 Å². The molecule has 2 aromatic carbocycles. The fourth-order valence-corrected chi connectivity index (χ4v) is 3.07. The van der Waals surface area contributed by atoms with Crippen molar-refractivity contribution in [3.8, 4) is 0 Å². The standard InChI is InChI=1S/C15H17FN2O2S/c1-18(10-13-4-2-3-5-15(13)16)21(19,20)11-12-6-8-14(17)9-7-12/h2-9H,10-11,17H2,1H3. The average molecular weight is 308 g/mol. The summed E-state index contributed by atoms with van der Waals surface area (Å²) in [5.41, 5.74) is 7.14. The van der Waals surface area contributed by atoms with Gasteiger partial charge in [0.1, 0.15) is 5.82 Å². The summed E-state index contributed by atoms with van der Waals surface area (Å²) in [4.78, 5) is 0. The van der Waals surface area contributed by atoms with Gasteiger partial charge in [-0.05, 0) is 23.8 Å². The van der Waals surface area contributed by atoms with E-state index in [2.05, 4.69) is 0 Å². The quantitative estimate of drug-likeness (QED) is 0.863. The lowest BCUT2D eigenvalue weighted by Crippen LogP contribution is -2.28. The van der Waals surface area contributed by atoms with Gasteiger partial charge in [-0.15, -0.1) is 0 Å². The molecule has 0 aromatic heterocycles. The largest absolute Gasteiger partial charge is 0.399 e. The number of sulfonamides is 1. The molecular weight excluding hydrogens is 291 g/mol. The average Bonchev–Trinajstić information content (AvgIpc) is 2.43. The van der Waals surface area contributed by atoms with Gasteiger partial charge in [-0.1, -0.05) is 30.3 Å². The number of halogens is 1. The maximum Gasteiger partial charge on any atom is 0.218 e. The summed E-state index contributed by atoms with van der Waals surface area (Å²) >= 11 is 0. The van der Waals surface area contributed by atoms with Crippen molar-refractivity contribution in [2.24, 2.45) is 0 Å². The van der Waals surface area contributed by atoms with Crippen LogP contribution in [0.15, 0.2) is 48.5 Å². The second kappa shape index (κ2) is 6.24. The van der Waals surface area contributed by atoms with Crippen LogP contribution in [0.1, 0.15) is 11.1 Å². The van der Waals surface area contributed by atoms with Crippen molar-refractivity contribution in [1.82, 2.24) is 4.31 Å². The van der Waals surface area contributed by atoms with Crippen LogP contribution < -0.4 is 5.73 Å². The Kier molecular flexibility index (Phi) is 4.59. The third-order valence-corrected chi connectivity index (χ3v) is 4.93. The van der Waals surface area contributed by atoms with Gasteiger partial charge in [-0.3, -0.25) is 0 Å². The van der Waals surface area contributed by atoms with E-state index in [-0.39, 0.29) is 12.3 Å². The van der Waals surface area contributed by atoms with Crippen molar-refractivity contribution in [3.63, 3.8) is 0 Å². The van der Waals surface area contributed by atoms with E-state index in [1.807, 2.05) is 0 Å². The highest BCUT2D eigenvalue weighted by atomic mass is 32.2. The highest BCUT2D eigenvalue weighted by molar-refractivity contribution is 7.88. The van der Waals surface area contributed by atoms with Crippen molar-refractivity contribution in [2.75, 3.05) is 12.8 Å². The Bertz CT molecular complexity index is 715. The molecule has 21 heavy (non-hydrogen) atoms. The molecular formula is C15H17FN2O2S. The number of hydrogen-bond donors (Lipinski definition) is 1. The lowest BCUT2D eigenvalue weighted by atomic mass is 10.2. The van der Waals surface area contributed by atoms with E-state index in [4.69, 9.17) is 5.73 Å². The van der Waals surface area contributed by atoms with Gasteiger partial charge in [0.05, 0.1) is 5.75 Å². The van der Waals surface area contributed by atoms with Crippen molar-refractivity contribution < 1.29 is 12.8 Å². The van der Waals surface area contributed by atoms with E-state index in [0.717, 1.165) is 4.31 Å². The molecule has 2 rings (SSSR count). The third kappa shape index (κ3) is 4.03. The molecule has 0 spiro atoms. The minimum Gasteiger partial charge on any atom is -0.399 e. The van der Waals surface area contributed by atoms with Gasteiger partial charge in [0, 0.05) is 24.8 Å². The molecule has 0 aliphatic rings. The van der Waals surface area contributed by atoms with Crippen LogP contribution in [0.3, 0.4) is 0 Å². The van der Waals surface area contributed by atoms with Crippen molar-refractivity contribution >= 4 is 15.7 Å². The van der Waals surface area contributed by atoms with Crippen LogP contribution in [0.2, 0.25) is 0 Å².